The van der Waals surface area contributed by atoms with Gasteiger partial charge in [-0.2, -0.15) is 0 Å². The van der Waals surface area contributed by atoms with Crippen LogP contribution in [0, 0.1) is 5.92 Å². The summed E-state index contributed by atoms with van der Waals surface area (Å²) in [5.74, 6) is 0.604. The van der Waals surface area contributed by atoms with E-state index in [0.29, 0.717) is 30.1 Å². The maximum absolute atomic E-state index is 11.9. The summed E-state index contributed by atoms with van der Waals surface area (Å²) in [6, 6.07) is 4.90. The van der Waals surface area contributed by atoms with E-state index in [-0.39, 0.29) is 17.7 Å². The second kappa shape index (κ2) is 6.27. The van der Waals surface area contributed by atoms with Gasteiger partial charge in [0, 0.05) is 30.8 Å². The highest BCUT2D eigenvalue weighted by atomic mass is 16.5. The van der Waals surface area contributed by atoms with Crippen LogP contribution < -0.4 is 21.1 Å². The molecule has 6 heteroatoms. The largest absolute Gasteiger partial charge is 0.497 e. The van der Waals surface area contributed by atoms with Crippen LogP contribution in [0.1, 0.15) is 23.2 Å². The van der Waals surface area contributed by atoms with E-state index in [1.807, 2.05) is 0 Å². The number of amides is 2. The number of anilines is 1. The molecule has 6 nitrogen and oxygen atoms in total. The molecule has 1 saturated carbocycles. The Bertz CT molecular complexity index is 512. The number of methoxy groups -OCH3 is 1. The highest BCUT2D eigenvalue weighted by molar-refractivity contribution is 5.99. The number of benzene rings is 1. The predicted octanol–water partition coefficient (Wildman–Crippen LogP) is 0.533. The lowest BCUT2D eigenvalue weighted by atomic mass is 10.1. The van der Waals surface area contributed by atoms with E-state index in [2.05, 4.69) is 10.6 Å². The molecule has 0 spiro atoms. The molecular weight excluding hydrogens is 258 g/mol. The van der Waals surface area contributed by atoms with Crippen molar-refractivity contribution in [2.24, 2.45) is 5.92 Å². The van der Waals surface area contributed by atoms with Crippen molar-refractivity contribution in [2.45, 2.75) is 12.8 Å². The van der Waals surface area contributed by atoms with Gasteiger partial charge in [0.05, 0.1) is 12.7 Å². The molecule has 4 N–H and O–H groups in total. The third kappa shape index (κ3) is 3.63. The van der Waals surface area contributed by atoms with Gasteiger partial charge in [-0.25, -0.2) is 0 Å². The number of carbonyl (C=O) groups excluding carboxylic acids is 2. The maximum Gasteiger partial charge on any atom is 0.253 e. The summed E-state index contributed by atoms with van der Waals surface area (Å²) in [5, 5.41) is 5.50. The van der Waals surface area contributed by atoms with Crippen molar-refractivity contribution in [2.75, 3.05) is 25.9 Å². The van der Waals surface area contributed by atoms with Crippen molar-refractivity contribution in [1.29, 1.82) is 0 Å². The molecule has 1 aliphatic carbocycles. The van der Waals surface area contributed by atoms with E-state index in [1.165, 1.54) is 7.11 Å². The molecule has 0 aliphatic heterocycles. The van der Waals surface area contributed by atoms with Crippen LogP contribution in [0.5, 0.6) is 5.75 Å². The average Bonchev–Trinajstić information content (AvgIpc) is 3.27. The molecule has 0 unspecified atom stereocenters. The molecular formula is C14H19N3O3. The molecule has 1 aromatic rings. The number of nitrogen functional groups attached to an aromatic ring is 1. The van der Waals surface area contributed by atoms with Gasteiger partial charge in [0.15, 0.2) is 0 Å². The Balaban J connectivity index is 1.77. The fraction of sp³-hybridized carbons (Fsp3) is 0.429. The van der Waals surface area contributed by atoms with Crippen molar-refractivity contribution in [3.05, 3.63) is 23.8 Å². The summed E-state index contributed by atoms with van der Waals surface area (Å²) in [6.07, 6.45) is 1.95. The van der Waals surface area contributed by atoms with Crippen LogP contribution in [0.2, 0.25) is 0 Å². The van der Waals surface area contributed by atoms with Gasteiger partial charge < -0.3 is 21.1 Å². The van der Waals surface area contributed by atoms with E-state index >= 15 is 0 Å². The Morgan fingerprint density at radius 2 is 2.00 bits per heavy atom. The summed E-state index contributed by atoms with van der Waals surface area (Å²) in [4.78, 5) is 23.3. The molecule has 1 fully saturated rings. The first-order chi connectivity index (χ1) is 9.61. The second-order valence-electron chi connectivity index (χ2n) is 4.77. The Morgan fingerprint density at radius 1 is 1.30 bits per heavy atom. The van der Waals surface area contributed by atoms with Gasteiger partial charge in [-0.15, -0.1) is 0 Å². The summed E-state index contributed by atoms with van der Waals surface area (Å²) < 4.78 is 5.02. The highest BCUT2D eigenvalue weighted by Gasteiger charge is 2.28. The smallest absolute Gasteiger partial charge is 0.253 e. The van der Waals surface area contributed by atoms with Crippen molar-refractivity contribution < 1.29 is 14.3 Å². The first kappa shape index (κ1) is 14.2. The van der Waals surface area contributed by atoms with E-state index in [9.17, 15) is 9.59 Å². The van der Waals surface area contributed by atoms with Gasteiger partial charge in [0.25, 0.3) is 5.91 Å². The number of hydrogen-bond acceptors (Lipinski definition) is 4. The Kier molecular flexibility index (Phi) is 4.45. The monoisotopic (exact) mass is 277 g/mol. The normalized spacial score (nSPS) is 13.7. The minimum absolute atomic E-state index is 0.0724. The molecule has 20 heavy (non-hydrogen) atoms. The van der Waals surface area contributed by atoms with Crippen LogP contribution in [-0.4, -0.2) is 32.0 Å². The van der Waals surface area contributed by atoms with Crippen LogP contribution in [0.4, 0.5) is 5.69 Å². The quantitative estimate of drug-likeness (QED) is 0.522. The zero-order valence-corrected chi connectivity index (χ0v) is 11.4. The summed E-state index contributed by atoms with van der Waals surface area (Å²) in [5.41, 5.74) is 6.55. The molecule has 1 aliphatic rings. The molecule has 108 valence electrons. The molecule has 2 amide bonds. The minimum Gasteiger partial charge on any atom is -0.497 e. The summed E-state index contributed by atoms with van der Waals surface area (Å²) in [7, 11) is 1.54. The van der Waals surface area contributed by atoms with Crippen LogP contribution in [0.15, 0.2) is 18.2 Å². The predicted molar refractivity (Wildman–Crippen MR) is 75.5 cm³/mol. The Labute approximate surface area is 117 Å². The first-order valence-electron chi connectivity index (χ1n) is 6.61. The lowest BCUT2D eigenvalue weighted by Gasteiger charge is -2.09. The van der Waals surface area contributed by atoms with Gasteiger partial charge in [-0.3, -0.25) is 9.59 Å². The first-order valence-corrected chi connectivity index (χ1v) is 6.61. The molecule has 0 heterocycles. The fourth-order valence-corrected chi connectivity index (χ4v) is 1.82. The molecule has 2 rings (SSSR count). The van der Waals surface area contributed by atoms with Crippen molar-refractivity contribution >= 4 is 17.5 Å². The average molecular weight is 277 g/mol. The highest BCUT2D eigenvalue weighted by Crippen LogP contribution is 2.28. The molecule has 0 aromatic heterocycles. The number of ether oxygens (including phenoxy) is 1. The zero-order chi connectivity index (χ0) is 14.5. The van der Waals surface area contributed by atoms with Crippen LogP contribution in [-0.2, 0) is 4.79 Å². The molecule has 0 atom stereocenters. The fourth-order valence-electron chi connectivity index (χ4n) is 1.82. The second-order valence-corrected chi connectivity index (χ2v) is 4.77. The van der Waals surface area contributed by atoms with Gasteiger partial charge in [0.1, 0.15) is 5.75 Å². The number of hydrogen-bond donors (Lipinski definition) is 3. The third-order valence-electron chi connectivity index (χ3n) is 3.16. The maximum atomic E-state index is 11.9. The zero-order valence-electron chi connectivity index (χ0n) is 11.4. The standard InChI is InChI=1S/C14H19N3O3/c1-20-10-4-5-11(12(15)8-10)14(19)17-7-6-16-13(18)9-2-3-9/h4-5,8-9H,2-3,6-7,15H2,1H3,(H,16,18)(H,17,19). The van der Waals surface area contributed by atoms with Gasteiger partial charge in [-0.1, -0.05) is 0 Å². The molecule has 0 bridgehead atoms. The minimum atomic E-state index is -0.258. The number of carbonyl (C=O) groups is 2. The topological polar surface area (TPSA) is 93.5 Å². The van der Waals surface area contributed by atoms with Crippen LogP contribution in [0.3, 0.4) is 0 Å². The third-order valence-corrected chi connectivity index (χ3v) is 3.16. The van der Waals surface area contributed by atoms with Crippen LogP contribution >= 0.6 is 0 Å². The summed E-state index contributed by atoms with van der Waals surface area (Å²) >= 11 is 0. The lowest BCUT2D eigenvalue weighted by Crippen LogP contribution is -2.35. The van der Waals surface area contributed by atoms with Crippen LogP contribution in [0.25, 0.3) is 0 Å². The number of rotatable bonds is 6. The molecule has 0 saturated heterocycles. The SMILES string of the molecule is COc1ccc(C(=O)NCCNC(=O)C2CC2)c(N)c1. The Morgan fingerprint density at radius 3 is 2.60 bits per heavy atom. The summed E-state index contributed by atoms with van der Waals surface area (Å²) in [6.45, 7) is 0.805. The van der Waals surface area contributed by atoms with E-state index in [1.54, 1.807) is 18.2 Å². The lowest BCUT2D eigenvalue weighted by molar-refractivity contribution is -0.122. The Hall–Kier alpha value is -2.24. The van der Waals surface area contributed by atoms with Crippen molar-refractivity contribution in [1.82, 2.24) is 10.6 Å². The van der Waals surface area contributed by atoms with Crippen molar-refractivity contribution in [3.63, 3.8) is 0 Å². The van der Waals surface area contributed by atoms with E-state index in [0.717, 1.165) is 12.8 Å². The molecule has 1 aromatic carbocycles. The van der Waals surface area contributed by atoms with Gasteiger partial charge in [0.2, 0.25) is 5.91 Å². The van der Waals surface area contributed by atoms with Crippen molar-refractivity contribution in [3.8, 4) is 5.75 Å². The van der Waals surface area contributed by atoms with E-state index in [4.69, 9.17) is 10.5 Å². The number of nitrogens with one attached hydrogen (secondary N) is 2. The van der Waals surface area contributed by atoms with E-state index < -0.39 is 0 Å². The number of nitrogens with two attached hydrogens (primary N) is 1. The van der Waals surface area contributed by atoms with Gasteiger partial charge >= 0.3 is 0 Å². The van der Waals surface area contributed by atoms with Gasteiger partial charge in [-0.05, 0) is 25.0 Å². The molecule has 0 radical (unpaired) electrons.